The first kappa shape index (κ1) is 14.9. The van der Waals surface area contributed by atoms with E-state index in [0.29, 0.717) is 10.8 Å². The molecule has 4 nitrogen and oxygen atoms in total. The molecule has 0 aliphatic carbocycles. The van der Waals surface area contributed by atoms with Crippen LogP contribution < -0.4 is 5.73 Å². The van der Waals surface area contributed by atoms with E-state index in [2.05, 4.69) is 10.1 Å². The van der Waals surface area contributed by atoms with E-state index in [1.807, 2.05) is 60.0 Å². The molecule has 0 bridgehead atoms. The Balaban J connectivity index is 1.71. The number of anilines is 1. The molecule has 0 saturated carbocycles. The SMILES string of the molecule is Nc1c(-c2ccc(Cl)cc2)cnn1-c1nc(-c2ccccc2)cs1. The Morgan fingerprint density at radius 2 is 1.71 bits per heavy atom. The molecule has 0 atom stereocenters. The molecule has 0 saturated heterocycles. The summed E-state index contributed by atoms with van der Waals surface area (Å²) in [6.07, 6.45) is 1.75. The van der Waals surface area contributed by atoms with Crippen LogP contribution in [0.25, 0.3) is 27.5 Å². The summed E-state index contributed by atoms with van der Waals surface area (Å²) in [7, 11) is 0. The highest BCUT2D eigenvalue weighted by molar-refractivity contribution is 7.12. The first-order valence-electron chi connectivity index (χ1n) is 7.33. The lowest BCUT2D eigenvalue weighted by atomic mass is 10.1. The van der Waals surface area contributed by atoms with Gasteiger partial charge in [0.15, 0.2) is 0 Å². The second kappa shape index (κ2) is 6.11. The molecule has 4 aromatic rings. The van der Waals surface area contributed by atoms with E-state index in [4.69, 9.17) is 17.3 Å². The zero-order valence-corrected chi connectivity index (χ0v) is 14.1. The minimum absolute atomic E-state index is 0.561. The zero-order chi connectivity index (χ0) is 16.5. The third-order valence-electron chi connectivity index (χ3n) is 3.70. The highest BCUT2D eigenvalue weighted by atomic mass is 35.5. The molecule has 2 N–H and O–H groups in total. The van der Waals surface area contributed by atoms with Crippen LogP contribution in [0.1, 0.15) is 0 Å². The number of hydrogen-bond donors (Lipinski definition) is 1. The first-order valence-corrected chi connectivity index (χ1v) is 8.59. The van der Waals surface area contributed by atoms with Crippen molar-refractivity contribution in [2.75, 3.05) is 5.73 Å². The molecule has 0 aliphatic rings. The van der Waals surface area contributed by atoms with Gasteiger partial charge in [-0.15, -0.1) is 11.3 Å². The molecular weight excluding hydrogens is 340 g/mol. The third kappa shape index (κ3) is 2.68. The molecule has 2 heterocycles. The lowest BCUT2D eigenvalue weighted by Crippen LogP contribution is -2.01. The predicted molar refractivity (Wildman–Crippen MR) is 99.5 cm³/mol. The van der Waals surface area contributed by atoms with Crippen molar-refractivity contribution in [3.8, 4) is 27.5 Å². The number of rotatable bonds is 3. The average molecular weight is 353 g/mol. The van der Waals surface area contributed by atoms with Crippen molar-refractivity contribution in [3.63, 3.8) is 0 Å². The van der Waals surface area contributed by atoms with Gasteiger partial charge in [0.25, 0.3) is 0 Å². The summed E-state index contributed by atoms with van der Waals surface area (Å²) in [4.78, 5) is 4.65. The van der Waals surface area contributed by atoms with Gasteiger partial charge in [-0.1, -0.05) is 54.1 Å². The van der Waals surface area contributed by atoms with Gasteiger partial charge in [0.05, 0.1) is 11.9 Å². The van der Waals surface area contributed by atoms with Crippen molar-refractivity contribution < 1.29 is 0 Å². The number of nitrogen functional groups attached to an aromatic ring is 1. The van der Waals surface area contributed by atoms with Gasteiger partial charge >= 0.3 is 0 Å². The van der Waals surface area contributed by atoms with E-state index < -0.39 is 0 Å². The molecule has 0 unspecified atom stereocenters. The predicted octanol–water partition coefficient (Wildman–Crippen LogP) is 4.90. The molecule has 0 aliphatic heterocycles. The minimum atomic E-state index is 0.561. The van der Waals surface area contributed by atoms with Crippen molar-refractivity contribution in [1.82, 2.24) is 14.8 Å². The summed E-state index contributed by atoms with van der Waals surface area (Å²) in [5.74, 6) is 0.561. The molecule has 0 radical (unpaired) electrons. The number of nitrogens with two attached hydrogens (primary N) is 1. The van der Waals surface area contributed by atoms with Crippen LogP contribution >= 0.6 is 22.9 Å². The average Bonchev–Trinajstić information content (AvgIpc) is 3.23. The largest absolute Gasteiger partial charge is 0.383 e. The molecule has 2 aromatic heterocycles. The smallest absolute Gasteiger partial charge is 0.212 e. The first-order chi connectivity index (χ1) is 11.7. The van der Waals surface area contributed by atoms with E-state index in [0.717, 1.165) is 27.5 Å². The van der Waals surface area contributed by atoms with Crippen LogP contribution in [-0.2, 0) is 0 Å². The van der Waals surface area contributed by atoms with Crippen molar-refractivity contribution in [1.29, 1.82) is 0 Å². The summed E-state index contributed by atoms with van der Waals surface area (Å²) in [5.41, 5.74) is 10.1. The van der Waals surface area contributed by atoms with E-state index >= 15 is 0 Å². The maximum Gasteiger partial charge on any atom is 0.212 e. The molecule has 118 valence electrons. The fourth-order valence-corrected chi connectivity index (χ4v) is 3.39. The highest BCUT2D eigenvalue weighted by Crippen LogP contribution is 2.31. The Labute approximate surface area is 148 Å². The number of aromatic nitrogens is 3. The lowest BCUT2D eigenvalue weighted by molar-refractivity contribution is 0.881. The summed E-state index contributed by atoms with van der Waals surface area (Å²) >= 11 is 7.45. The molecule has 6 heteroatoms. The molecule has 2 aromatic carbocycles. The van der Waals surface area contributed by atoms with E-state index in [9.17, 15) is 0 Å². The Bertz CT molecular complexity index is 974. The van der Waals surface area contributed by atoms with Gasteiger partial charge in [-0.3, -0.25) is 0 Å². The van der Waals surface area contributed by atoms with Crippen LogP contribution in [0.15, 0.2) is 66.2 Å². The quantitative estimate of drug-likeness (QED) is 0.570. The summed E-state index contributed by atoms with van der Waals surface area (Å²) < 4.78 is 1.67. The van der Waals surface area contributed by atoms with E-state index in [-0.39, 0.29) is 0 Å². The molecule has 24 heavy (non-hydrogen) atoms. The van der Waals surface area contributed by atoms with Gasteiger partial charge in [0, 0.05) is 21.5 Å². The third-order valence-corrected chi connectivity index (χ3v) is 4.77. The van der Waals surface area contributed by atoms with Crippen LogP contribution in [0, 0.1) is 0 Å². The van der Waals surface area contributed by atoms with Crippen molar-refractivity contribution >= 4 is 28.8 Å². The van der Waals surface area contributed by atoms with E-state index in [1.54, 1.807) is 10.9 Å². The number of thiazole rings is 1. The molecular formula is C18H13ClN4S. The topological polar surface area (TPSA) is 56.7 Å². The van der Waals surface area contributed by atoms with Gasteiger partial charge in [-0.25, -0.2) is 4.98 Å². The molecule has 4 rings (SSSR count). The van der Waals surface area contributed by atoms with Crippen LogP contribution in [0.2, 0.25) is 5.02 Å². The van der Waals surface area contributed by atoms with Gasteiger partial charge in [0.1, 0.15) is 5.82 Å². The Kier molecular flexibility index (Phi) is 3.80. The van der Waals surface area contributed by atoms with Crippen molar-refractivity contribution in [3.05, 3.63) is 71.2 Å². The number of hydrogen-bond acceptors (Lipinski definition) is 4. The van der Waals surface area contributed by atoms with Gasteiger partial charge in [-0.2, -0.15) is 9.78 Å². The maximum absolute atomic E-state index is 6.29. The van der Waals surface area contributed by atoms with Gasteiger partial charge in [-0.05, 0) is 17.7 Å². The number of halogens is 1. The minimum Gasteiger partial charge on any atom is -0.383 e. The Morgan fingerprint density at radius 3 is 2.46 bits per heavy atom. The number of nitrogens with zero attached hydrogens (tertiary/aromatic N) is 3. The summed E-state index contributed by atoms with van der Waals surface area (Å²) in [6, 6.07) is 17.6. The van der Waals surface area contributed by atoms with Crippen LogP contribution in [0.4, 0.5) is 5.82 Å². The van der Waals surface area contributed by atoms with Crippen LogP contribution in [0.5, 0.6) is 0 Å². The Hall–Kier alpha value is -2.63. The second-order valence-electron chi connectivity index (χ2n) is 5.24. The van der Waals surface area contributed by atoms with Gasteiger partial charge < -0.3 is 5.73 Å². The number of benzene rings is 2. The fourth-order valence-electron chi connectivity index (χ4n) is 2.47. The highest BCUT2D eigenvalue weighted by Gasteiger charge is 2.14. The fraction of sp³-hybridized carbons (Fsp3) is 0. The van der Waals surface area contributed by atoms with E-state index in [1.165, 1.54) is 11.3 Å². The molecule has 0 spiro atoms. The summed E-state index contributed by atoms with van der Waals surface area (Å²) in [5, 5.41) is 7.84. The Morgan fingerprint density at radius 1 is 0.958 bits per heavy atom. The van der Waals surface area contributed by atoms with Crippen molar-refractivity contribution in [2.45, 2.75) is 0 Å². The zero-order valence-electron chi connectivity index (χ0n) is 12.6. The van der Waals surface area contributed by atoms with Crippen molar-refractivity contribution in [2.24, 2.45) is 0 Å². The van der Waals surface area contributed by atoms with Crippen LogP contribution in [0.3, 0.4) is 0 Å². The molecule has 0 amide bonds. The lowest BCUT2D eigenvalue weighted by Gasteiger charge is -2.02. The van der Waals surface area contributed by atoms with Crippen LogP contribution in [-0.4, -0.2) is 14.8 Å². The standard InChI is InChI=1S/C18H13ClN4S/c19-14-8-6-12(7-9-14)15-10-21-23(17(15)20)18-22-16(11-24-18)13-4-2-1-3-5-13/h1-11H,20H2. The summed E-state index contributed by atoms with van der Waals surface area (Å²) in [6.45, 7) is 0. The van der Waals surface area contributed by atoms with Gasteiger partial charge in [0.2, 0.25) is 5.13 Å². The normalized spacial score (nSPS) is 10.9. The maximum atomic E-state index is 6.29. The molecule has 0 fully saturated rings. The monoisotopic (exact) mass is 352 g/mol. The second-order valence-corrected chi connectivity index (χ2v) is 6.52.